The number of hydrogen-bond acceptors (Lipinski definition) is 5. The van der Waals surface area contributed by atoms with Crippen molar-refractivity contribution in [1.82, 2.24) is 15.6 Å². The monoisotopic (exact) mass is 405 g/mol. The van der Waals surface area contributed by atoms with Crippen LogP contribution in [0.1, 0.15) is 25.9 Å². The maximum atomic E-state index is 12.2. The molecule has 1 heterocycles. The molecule has 2 rings (SSSR count). The lowest BCUT2D eigenvalue weighted by Crippen LogP contribution is -2.33. The van der Waals surface area contributed by atoms with E-state index in [-0.39, 0.29) is 30.7 Å². The fourth-order valence-corrected chi connectivity index (χ4v) is 3.17. The lowest BCUT2D eigenvalue weighted by atomic mass is 10.2. The first-order valence-electron chi connectivity index (χ1n) is 7.68. The summed E-state index contributed by atoms with van der Waals surface area (Å²) in [5.41, 5.74) is 2.00. The van der Waals surface area contributed by atoms with Gasteiger partial charge in [-0.3, -0.25) is 4.79 Å². The highest BCUT2D eigenvalue weighted by Gasteiger charge is 2.14. The van der Waals surface area contributed by atoms with E-state index < -0.39 is 0 Å². The van der Waals surface area contributed by atoms with Gasteiger partial charge < -0.3 is 15.4 Å². The predicted octanol–water partition coefficient (Wildman–Crippen LogP) is 2.85. The van der Waals surface area contributed by atoms with Crippen molar-refractivity contribution in [3.05, 3.63) is 51.5 Å². The molecule has 2 aromatic rings. The van der Waals surface area contributed by atoms with Gasteiger partial charge in [-0.05, 0) is 12.5 Å². The average Bonchev–Trinajstić information content (AvgIpc) is 2.92. The summed E-state index contributed by atoms with van der Waals surface area (Å²) in [5.74, 6) is -0.0483. The molecule has 0 bridgehead atoms. The second-order valence-corrected chi connectivity index (χ2v) is 6.27. The van der Waals surface area contributed by atoms with Gasteiger partial charge in [-0.15, -0.1) is 36.2 Å². The van der Waals surface area contributed by atoms with Crippen molar-refractivity contribution >= 4 is 42.1 Å². The normalized spacial score (nSPS) is 9.84. The molecule has 1 aromatic carbocycles. The molecule has 0 radical (unpaired) electrons. The van der Waals surface area contributed by atoms with Crippen LogP contribution < -0.4 is 10.6 Å². The molecule has 0 spiro atoms. The van der Waals surface area contributed by atoms with Crippen molar-refractivity contribution in [3.63, 3.8) is 0 Å². The highest BCUT2D eigenvalue weighted by atomic mass is 35.5. The van der Waals surface area contributed by atoms with Crippen molar-refractivity contribution in [2.45, 2.75) is 13.3 Å². The molecule has 1 aromatic heterocycles. The minimum atomic E-state index is -0.0483. The van der Waals surface area contributed by atoms with Crippen LogP contribution in [0.25, 0.3) is 0 Å². The average molecular weight is 406 g/mol. The minimum absolute atomic E-state index is 0. The van der Waals surface area contributed by atoms with E-state index in [1.807, 2.05) is 25.1 Å². The summed E-state index contributed by atoms with van der Waals surface area (Å²) in [6, 6.07) is 10.2. The highest BCUT2D eigenvalue weighted by Crippen LogP contribution is 2.20. The Labute approximate surface area is 165 Å². The number of nitrogens with one attached hydrogen (secondary N) is 2. The van der Waals surface area contributed by atoms with Crippen LogP contribution in [0.5, 0.6) is 0 Å². The molecule has 0 saturated heterocycles. The first-order chi connectivity index (χ1) is 11.2. The topological polar surface area (TPSA) is 63.2 Å². The number of ether oxygens (including phenoxy) is 1. The number of aryl methyl sites for hydroxylation is 1. The van der Waals surface area contributed by atoms with Crippen LogP contribution in [0.4, 0.5) is 0 Å². The van der Waals surface area contributed by atoms with Gasteiger partial charge in [0.2, 0.25) is 0 Å². The highest BCUT2D eigenvalue weighted by molar-refractivity contribution is 7.13. The van der Waals surface area contributed by atoms with Crippen molar-refractivity contribution in [2.75, 3.05) is 33.4 Å². The number of aromatic nitrogens is 1. The standard InChI is InChI=1S/C17H23N3O2S.2ClH/c1-13-16(17(21)19-9-8-18-10-11-22-2)23-15(20-13)12-14-6-4-3-5-7-14;;/h3-7,18H,8-12H2,1-2H3,(H,19,21);2*1H. The summed E-state index contributed by atoms with van der Waals surface area (Å²) in [7, 11) is 1.67. The quantitative estimate of drug-likeness (QED) is 0.629. The fourth-order valence-electron chi connectivity index (χ4n) is 2.15. The maximum absolute atomic E-state index is 12.2. The lowest BCUT2D eigenvalue weighted by molar-refractivity contribution is 0.0957. The molecule has 2 N–H and O–H groups in total. The first-order valence-corrected chi connectivity index (χ1v) is 8.50. The number of thiazole rings is 1. The van der Waals surface area contributed by atoms with E-state index in [0.29, 0.717) is 18.0 Å². The molecule has 8 heteroatoms. The van der Waals surface area contributed by atoms with E-state index in [4.69, 9.17) is 4.74 Å². The van der Waals surface area contributed by atoms with Gasteiger partial charge in [0.25, 0.3) is 5.91 Å². The zero-order chi connectivity index (χ0) is 16.5. The first kappa shape index (κ1) is 23.8. The molecular formula is C17H25Cl2N3O2S. The van der Waals surface area contributed by atoms with Gasteiger partial charge in [-0.1, -0.05) is 30.3 Å². The number of carbonyl (C=O) groups excluding carboxylic acids is 1. The number of halogens is 2. The molecule has 1 amide bonds. The zero-order valence-electron chi connectivity index (χ0n) is 14.4. The Hall–Kier alpha value is -1.18. The number of carbonyl (C=O) groups is 1. The number of amides is 1. The Morgan fingerprint density at radius 2 is 1.88 bits per heavy atom. The van der Waals surface area contributed by atoms with Crippen LogP contribution in [0.3, 0.4) is 0 Å². The van der Waals surface area contributed by atoms with E-state index in [1.54, 1.807) is 7.11 Å². The number of hydrogen-bond donors (Lipinski definition) is 2. The SMILES string of the molecule is COCCNCCNC(=O)c1sc(Cc2ccccc2)nc1C.Cl.Cl. The molecule has 0 aliphatic carbocycles. The third kappa shape index (κ3) is 8.16. The van der Waals surface area contributed by atoms with Crippen molar-refractivity contribution in [2.24, 2.45) is 0 Å². The molecule has 0 unspecified atom stereocenters. The van der Waals surface area contributed by atoms with Gasteiger partial charge in [-0.25, -0.2) is 4.98 Å². The zero-order valence-corrected chi connectivity index (χ0v) is 16.9. The number of nitrogens with zero attached hydrogens (tertiary/aromatic N) is 1. The van der Waals surface area contributed by atoms with Crippen LogP contribution in [-0.4, -0.2) is 44.2 Å². The number of methoxy groups -OCH3 is 1. The molecule has 0 atom stereocenters. The Morgan fingerprint density at radius 3 is 2.56 bits per heavy atom. The second kappa shape index (κ2) is 13.1. The van der Waals surface area contributed by atoms with Crippen molar-refractivity contribution in [1.29, 1.82) is 0 Å². The molecule has 5 nitrogen and oxygen atoms in total. The van der Waals surface area contributed by atoms with E-state index in [2.05, 4.69) is 27.8 Å². The summed E-state index contributed by atoms with van der Waals surface area (Å²) in [6.07, 6.45) is 0.762. The third-order valence-corrected chi connectivity index (χ3v) is 4.47. The second-order valence-electron chi connectivity index (χ2n) is 5.18. The molecule has 0 aliphatic rings. The molecule has 0 saturated carbocycles. The minimum Gasteiger partial charge on any atom is -0.383 e. The van der Waals surface area contributed by atoms with Gasteiger partial charge in [0.05, 0.1) is 17.3 Å². The number of benzene rings is 1. The Bertz CT molecular complexity index is 624. The van der Waals surface area contributed by atoms with Crippen LogP contribution >= 0.6 is 36.2 Å². The van der Waals surface area contributed by atoms with Gasteiger partial charge in [-0.2, -0.15) is 0 Å². The summed E-state index contributed by atoms with van der Waals surface area (Å²) in [4.78, 5) is 17.4. The summed E-state index contributed by atoms with van der Waals surface area (Å²) in [6.45, 7) is 4.66. The molecular weight excluding hydrogens is 381 g/mol. The van der Waals surface area contributed by atoms with E-state index in [9.17, 15) is 4.79 Å². The van der Waals surface area contributed by atoms with Crippen LogP contribution in [0.15, 0.2) is 30.3 Å². The summed E-state index contributed by atoms with van der Waals surface area (Å²) in [5, 5.41) is 7.09. The Kier molecular flexibility index (Phi) is 12.5. The van der Waals surface area contributed by atoms with Gasteiger partial charge in [0.1, 0.15) is 4.88 Å². The molecule has 0 fully saturated rings. The molecule has 0 aliphatic heterocycles. The lowest BCUT2D eigenvalue weighted by Gasteiger charge is -2.05. The molecule has 140 valence electrons. The van der Waals surface area contributed by atoms with E-state index >= 15 is 0 Å². The van der Waals surface area contributed by atoms with Gasteiger partial charge >= 0.3 is 0 Å². The maximum Gasteiger partial charge on any atom is 0.263 e. The van der Waals surface area contributed by atoms with E-state index in [1.165, 1.54) is 16.9 Å². The third-order valence-electron chi connectivity index (χ3n) is 3.32. The van der Waals surface area contributed by atoms with Gasteiger partial charge in [0.15, 0.2) is 0 Å². The smallest absolute Gasteiger partial charge is 0.263 e. The Morgan fingerprint density at radius 1 is 1.16 bits per heavy atom. The van der Waals surface area contributed by atoms with E-state index in [0.717, 1.165) is 30.2 Å². The van der Waals surface area contributed by atoms with Crippen LogP contribution in [0, 0.1) is 6.92 Å². The predicted molar refractivity (Wildman–Crippen MR) is 108 cm³/mol. The number of rotatable bonds is 9. The molecule has 25 heavy (non-hydrogen) atoms. The van der Waals surface area contributed by atoms with Crippen LogP contribution in [-0.2, 0) is 11.2 Å². The fraction of sp³-hybridized carbons (Fsp3) is 0.412. The van der Waals surface area contributed by atoms with Crippen molar-refractivity contribution in [3.8, 4) is 0 Å². The Balaban J connectivity index is 0.00000288. The summed E-state index contributed by atoms with van der Waals surface area (Å²) < 4.78 is 4.95. The largest absolute Gasteiger partial charge is 0.383 e. The van der Waals surface area contributed by atoms with Gasteiger partial charge in [0, 0.05) is 33.2 Å². The van der Waals surface area contributed by atoms with Crippen LogP contribution in [0.2, 0.25) is 0 Å². The van der Waals surface area contributed by atoms with Crippen molar-refractivity contribution < 1.29 is 9.53 Å². The summed E-state index contributed by atoms with van der Waals surface area (Å²) >= 11 is 1.47.